The number of ether oxygens (including phenoxy) is 1. The van der Waals surface area contributed by atoms with Gasteiger partial charge in [0.1, 0.15) is 0 Å². The molecule has 0 bridgehead atoms. The third-order valence-electron chi connectivity index (χ3n) is 2.00. The molecule has 6 heteroatoms. The second-order valence-corrected chi connectivity index (χ2v) is 3.24. The minimum atomic E-state index is -4.59. The van der Waals surface area contributed by atoms with Crippen LogP contribution >= 0.6 is 0 Å². The van der Waals surface area contributed by atoms with Crippen molar-refractivity contribution in [1.82, 2.24) is 0 Å². The molecule has 1 atom stereocenters. The van der Waals surface area contributed by atoms with Crippen LogP contribution in [0, 0.1) is 0 Å². The smallest absolute Gasteiger partial charge is 0.382 e. The predicted octanol–water partition coefficient (Wildman–Crippen LogP) is 0.416. The molecule has 0 saturated heterocycles. The lowest BCUT2D eigenvalue weighted by Gasteiger charge is -2.32. The number of aliphatic hydroxyl groups is 1. The van der Waals surface area contributed by atoms with E-state index in [-0.39, 0.29) is 12.1 Å². The summed E-state index contributed by atoms with van der Waals surface area (Å²) in [6.07, 6.45) is -6.04. The lowest BCUT2D eigenvalue weighted by atomic mass is 9.90. The van der Waals surface area contributed by atoms with Crippen molar-refractivity contribution in [3.8, 4) is 0 Å². The van der Waals surface area contributed by atoms with Gasteiger partial charge in [0, 0.05) is 6.04 Å². The molecule has 0 radical (unpaired) electrons. The van der Waals surface area contributed by atoms with Crippen LogP contribution in [0.2, 0.25) is 0 Å². The molecule has 1 unspecified atom stereocenters. The third-order valence-corrected chi connectivity index (χ3v) is 2.00. The normalized spacial score (nSPS) is 31.2. The summed E-state index contributed by atoms with van der Waals surface area (Å²) in [6.45, 7) is -0.694. The Hall–Kier alpha value is -0.330. The molecule has 0 amide bonds. The van der Waals surface area contributed by atoms with Gasteiger partial charge in [0.15, 0.2) is 6.10 Å². The summed E-state index contributed by atoms with van der Waals surface area (Å²) in [5.41, 5.74) is 5.40. The first kappa shape index (κ1) is 10.7. The molecule has 0 spiro atoms. The van der Waals surface area contributed by atoms with Crippen molar-refractivity contribution in [2.24, 2.45) is 5.73 Å². The summed E-state index contributed by atoms with van der Waals surface area (Å²) >= 11 is 0. The lowest BCUT2D eigenvalue weighted by molar-refractivity contribution is -0.223. The molecule has 0 aromatic rings. The van der Waals surface area contributed by atoms with Gasteiger partial charge in [0.05, 0.1) is 12.7 Å². The zero-order valence-corrected chi connectivity index (χ0v) is 6.92. The van der Waals surface area contributed by atoms with Crippen molar-refractivity contribution in [2.75, 3.05) is 6.61 Å². The van der Waals surface area contributed by atoms with Crippen LogP contribution in [0.25, 0.3) is 0 Å². The van der Waals surface area contributed by atoms with Gasteiger partial charge < -0.3 is 15.6 Å². The second kappa shape index (κ2) is 3.81. The van der Waals surface area contributed by atoms with Crippen molar-refractivity contribution in [2.45, 2.75) is 37.3 Å². The third kappa shape index (κ3) is 3.13. The number of hydrogen-bond acceptors (Lipinski definition) is 3. The van der Waals surface area contributed by atoms with Crippen molar-refractivity contribution < 1.29 is 23.0 Å². The van der Waals surface area contributed by atoms with Crippen molar-refractivity contribution in [3.05, 3.63) is 0 Å². The molecule has 0 heterocycles. The van der Waals surface area contributed by atoms with E-state index < -0.39 is 18.9 Å². The molecule has 0 aromatic carbocycles. The van der Waals surface area contributed by atoms with Gasteiger partial charge in [-0.25, -0.2) is 0 Å². The fourth-order valence-corrected chi connectivity index (χ4v) is 1.06. The highest BCUT2D eigenvalue weighted by Gasteiger charge is 2.39. The summed E-state index contributed by atoms with van der Waals surface area (Å²) in [6, 6.07) is 0.0352. The highest BCUT2D eigenvalue weighted by atomic mass is 19.4. The molecular formula is C7H12F3NO2. The quantitative estimate of drug-likeness (QED) is 0.692. The van der Waals surface area contributed by atoms with Crippen LogP contribution in [0.1, 0.15) is 12.8 Å². The molecule has 1 aliphatic carbocycles. The molecule has 1 saturated carbocycles. The maximum atomic E-state index is 11.7. The van der Waals surface area contributed by atoms with Gasteiger partial charge in [-0.3, -0.25) is 0 Å². The molecule has 78 valence electrons. The van der Waals surface area contributed by atoms with E-state index in [0.29, 0.717) is 12.8 Å². The molecule has 1 rings (SSSR count). The van der Waals surface area contributed by atoms with Crippen LogP contribution in [-0.2, 0) is 4.74 Å². The minimum Gasteiger partial charge on any atom is -0.382 e. The van der Waals surface area contributed by atoms with E-state index >= 15 is 0 Å². The fourth-order valence-electron chi connectivity index (χ4n) is 1.06. The van der Waals surface area contributed by atoms with Gasteiger partial charge in [-0.2, -0.15) is 13.2 Å². The van der Waals surface area contributed by atoms with Gasteiger partial charge in [-0.05, 0) is 12.8 Å². The average molecular weight is 199 g/mol. The molecule has 3 N–H and O–H groups in total. The number of alkyl halides is 3. The molecule has 3 nitrogen and oxygen atoms in total. The summed E-state index contributed by atoms with van der Waals surface area (Å²) in [5, 5.41) is 8.54. The summed E-state index contributed by atoms with van der Waals surface area (Å²) < 4.78 is 40.0. The Morgan fingerprint density at radius 2 is 2.00 bits per heavy atom. The Morgan fingerprint density at radius 3 is 2.38 bits per heavy atom. The lowest BCUT2D eigenvalue weighted by Crippen LogP contribution is -2.44. The first-order valence-corrected chi connectivity index (χ1v) is 4.01. The highest BCUT2D eigenvalue weighted by molar-refractivity contribution is 4.83. The Balaban J connectivity index is 2.12. The van der Waals surface area contributed by atoms with E-state index in [9.17, 15) is 13.2 Å². The highest BCUT2D eigenvalue weighted by Crippen LogP contribution is 2.24. The maximum absolute atomic E-state index is 11.7. The van der Waals surface area contributed by atoms with Crippen LogP contribution in [0.5, 0.6) is 0 Å². The van der Waals surface area contributed by atoms with Crippen LogP contribution < -0.4 is 5.73 Å². The Morgan fingerprint density at radius 1 is 1.46 bits per heavy atom. The van der Waals surface area contributed by atoms with E-state index in [1.807, 2.05) is 0 Å². The minimum absolute atomic E-state index is 0.0352. The Kier molecular flexibility index (Phi) is 3.15. The van der Waals surface area contributed by atoms with Gasteiger partial charge in [-0.15, -0.1) is 0 Å². The number of nitrogens with two attached hydrogens (primary N) is 1. The van der Waals surface area contributed by atoms with Gasteiger partial charge in [-0.1, -0.05) is 0 Å². The zero-order valence-electron chi connectivity index (χ0n) is 6.92. The van der Waals surface area contributed by atoms with Crippen LogP contribution in [-0.4, -0.2) is 36.1 Å². The standard InChI is InChI=1S/C7H12F3NO2/c8-7(9,10)6(12)3-13-5-1-4(11)2-5/h4-6,12H,1-3,11H2. The number of halogens is 3. The Labute approximate surface area is 73.7 Å². The van der Waals surface area contributed by atoms with E-state index in [4.69, 9.17) is 15.6 Å². The molecule has 0 aromatic heterocycles. The summed E-state index contributed by atoms with van der Waals surface area (Å²) in [5.74, 6) is 0. The monoisotopic (exact) mass is 199 g/mol. The predicted molar refractivity (Wildman–Crippen MR) is 39.0 cm³/mol. The number of aliphatic hydroxyl groups excluding tert-OH is 1. The first-order chi connectivity index (χ1) is 5.89. The Bertz CT molecular complexity index is 168. The number of rotatable bonds is 3. The topological polar surface area (TPSA) is 55.5 Å². The van der Waals surface area contributed by atoms with Crippen LogP contribution in [0.15, 0.2) is 0 Å². The van der Waals surface area contributed by atoms with Gasteiger partial charge in [0.25, 0.3) is 0 Å². The van der Waals surface area contributed by atoms with E-state index in [0.717, 1.165) is 0 Å². The SMILES string of the molecule is NC1CC(OCC(O)C(F)(F)F)C1. The molecule has 1 aliphatic rings. The fraction of sp³-hybridized carbons (Fsp3) is 1.00. The van der Waals surface area contributed by atoms with Crippen LogP contribution in [0.4, 0.5) is 13.2 Å². The second-order valence-electron chi connectivity index (χ2n) is 3.24. The number of hydrogen-bond donors (Lipinski definition) is 2. The van der Waals surface area contributed by atoms with Crippen LogP contribution in [0.3, 0.4) is 0 Å². The summed E-state index contributed by atoms with van der Waals surface area (Å²) in [4.78, 5) is 0. The molecule has 0 aliphatic heterocycles. The molecular weight excluding hydrogens is 187 g/mol. The van der Waals surface area contributed by atoms with Crippen molar-refractivity contribution in [1.29, 1.82) is 0 Å². The first-order valence-electron chi connectivity index (χ1n) is 4.01. The van der Waals surface area contributed by atoms with E-state index in [2.05, 4.69) is 0 Å². The summed E-state index contributed by atoms with van der Waals surface area (Å²) in [7, 11) is 0. The van der Waals surface area contributed by atoms with Gasteiger partial charge >= 0.3 is 6.18 Å². The molecule has 1 fully saturated rings. The largest absolute Gasteiger partial charge is 0.416 e. The van der Waals surface area contributed by atoms with Crippen molar-refractivity contribution in [3.63, 3.8) is 0 Å². The maximum Gasteiger partial charge on any atom is 0.416 e. The molecule has 13 heavy (non-hydrogen) atoms. The van der Waals surface area contributed by atoms with Crippen molar-refractivity contribution >= 4 is 0 Å². The van der Waals surface area contributed by atoms with E-state index in [1.165, 1.54) is 0 Å². The zero-order chi connectivity index (χ0) is 10.1. The van der Waals surface area contributed by atoms with E-state index in [1.54, 1.807) is 0 Å². The average Bonchev–Trinajstić information content (AvgIpc) is 1.93. The van der Waals surface area contributed by atoms with Gasteiger partial charge in [0.2, 0.25) is 0 Å².